The number of hydrogen-bond acceptors (Lipinski definition) is 5. The van der Waals surface area contributed by atoms with Crippen LogP contribution in [0.3, 0.4) is 0 Å². The summed E-state index contributed by atoms with van der Waals surface area (Å²) in [5.74, 6) is -0.604. The minimum atomic E-state index is -0.604. The number of nitrogens with zero attached hydrogens (tertiary/aromatic N) is 3. The maximum absolute atomic E-state index is 12.9. The summed E-state index contributed by atoms with van der Waals surface area (Å²) in [5.41, 5.74) is 1.66. The van der Waals surface area contributed by atoms with Crippen LogP contribution in [0.1, 0.15) is 36.2 Å². The van der Waals surface area contributed by atoms with Gasteiger partial charge in [0.25, 0.3) is 5.56 Å². The summed E-state index contributed by atoms with van der Waals surface area (Å²) in [5, 5.41) is 8.69. The van der Waals surface area contributed by atoms with Crippen molar-refractivity contribution in [3.05, 3.63) is 51.4 Å². The third-order valence-electron chi connectivity index (χ3n) is 4.08. The number of nitrogens with one attached hydrogen (secondary N) is 1. The second kappa shape index (κ2) is 6.51. The Morgan fingerprint density at radius 1 is 1.32 bits per heavy atom. The van der Waals surface area contributed by atoms with Gasteiger partial charge in [-0.2, -0.15) is 0 Å². The van der Waals surface area contributed by atoms with Crippen LogP contribution in [0.4, 0.5) is 0 Å². The van der Waals surface area contributed by atoms with Crippen LogP contribution in [-0.2, 0) is 11.3 Å². The van der Waals surface area contributed by atoms with Crippen molar-refractivity contribution >= 4 is 22.6 Å². The standard InChI is InChI=1S/C18H20N4O3/c1-4-8-21-14(19)12(18(24)25-5-2)10-13-16(21)20-15-11(3)7-6-9-22(15)17(13)23/h6-7,9-10,19H,4-5,8H2,1-3H3. The van der Waals surface area contributed by atoms with Gasteiger partial charge in [-0.1, -0.05) is 13.0 Å². The van der Waals surface area contributed by atoms with E-state index in [-0.39, 0.29) is 23.2 Å². The summed E-state index contributed by atoms with van der Waals surface area (Å²) in [6, 6.07) is 5.08. The van der Waals surface area contributed by atoms with E-state index in [4.69, 9.17) is 10.1 Å². The Hall–Kier alpha value is -2.96. The van der Waals surface area contributed by atoms with E-state index in [0.29, 0.717) is 23.2 Å². The first-order chi connectivity index (χ1) is 12.0. The monoisotopic (exact) mass is 340 g/mol. The van der Waals surface area contributed by atoms with Gasteiger partial charge >= 0.3 is 5.97 Å². The molecule has 3 aromatic heterocycles. The highest BCUT2D eigenvalue weighted by Crippen LogP contribution is 2.13. The molecule has 3 rings (SSSR count). The molecular formula is C18H20N4O3. The molecule has 0 spiro atoms. The van der Waals surface area contributed by atoms with Gasteiger partial charge in [-0.25, -0.2) is 9.78 Å². The molecule has 1 N–H and O–H groups in total. The van der Waals surface area contributed by atoms with Crippen LogP contribution in [-0.4, -0.2) is 26.5 Å². The van der Waals surface area contributed by atoms with E-state index >= 15 is 0 Å². The van der Waals surface area contributed by atoms with Crippen molar-refractivity contribution in [2.75, 3.05) is 6.61 Å². The van der Waals surface area contributed by atoms with Crippen molar-refractivity contribution in [1.29, 1.82) is 5.41 Å². The third-order valence-corrected chi connectivity index (χ3v) is 4.08. The zero-order chi connectivity index (χ0) is 18.1. The van der Waals surface area contributed by atoms with E-state index in [1.807, 2.05) is 19.9 Å². The number of pyridine rings is 2. The van der Waals surface area contributed by atoms with Gasteiger partial charge in [0.1, 0.15) is 22.3 Å². The summed E-state index contributed by atoms with van der Waals surface area (Å²) in [6.45, 7) is 6.24. The molecule has 3 aromatic rings. The number of carbonyl (C=O) groups excluding carboxylic acids is 1. The van der Waals surface area contributed by atoms with E-state index in [2.05, 4.69) is 4.98 Å². The lowest BCUT2D eigenvalue weighted by atomic mass is 10.2. The van der Waals surface area contributed by atoms with Crippen LogP contribution in [0.15, 0.2) is 29.2 Å². The Morgan fingerprint density at radius 3 is 2.76 bits per heavy atom. The summed E-state index contributed by atoms with van der Waals surface area (Å²) in [7, 11) is 0. The topological polar surface area (TPSA) is 89.5 Å². The Labute approximate surface area is 144 Å². The highest BCUT2D eigenvalue weighted by Gasteiger charge is 2.18. The van der Waals surface area contributed by atoms with E-state index in [1.54, 1.807) is 23.8 Å². The van der Waals surface area contributed by atoms with Crippen LogP contribution < -0.4 is 11.0 Å². The number of fused-ring (bicyclic) bond motifs is 2. The van der Waals surface area contributed by atoms with Crippen molar-refractivity contribution < 1.29 is 9.53 Å². The number of aromatic nitrogens is 3. The van der Waals surface area contributed by atoms with Crippen molar-refractivity contribution in [1.82, 2.24) is 14.0 Å². The van der Waals surface area contributed by atoms with Crippen LogP contribution in [0.25, 0.3) is 16.7 Å². The summed E-state index contributed by atoms with van der Waals surface area (Å²) < 4.78 is 8.11. The molecule has 0 aliphatic rings. The van der Waals surface area contributed by atoms with Crippen LogP contribution in [0.2, 0.25) is 0 Å². The third kappa shape index (κ3) is 2.71. The number of rotatable bonds is 4. The average Bonchev–Trinajstić information content (AvgIpc) is 2.59. The predicted molar refractivity (Wildman–Crippen MR) is 93.8 cm³/mol. The van der Waals surface area contributed by atoms with Gasteiger partial charge in [0.15, 0.2) is 0 Å². The fraction of sp³-hybridized carbons (Fsp3) is 0.333. The number of ether oxygens (including phenoxy) is 1. The molecule has 0 fully saturated rings. The molecule has 0 saturated carbocycles. The molecule has 0 radical (unpaired) electrons. The second-order valence-electron chi connectivity index (χ2n) is 5.82. The molecule has 0 aliphatic heterocycles. The molecule has 0 aliphatic carbocycles. The highest BCUT2D eigenvalue weighted by molar-refractivity contribution is 5.93. The highest BCUT2D eigenvalue weighted by atomic mass is 16.5. The Balaban J connectivity index is 2.49. The molecule has 0 unspecified atom stereocenters. The molecule has 25 heavy (non-hydrogen) atoms. The molecule has 0 amide bonds. The first-order valence-electron chi connectivity index (χ1n) is 8.26. The molecule has 0 atom stereocenters. The number of hydrogen-bond donors (Lipinski definition) is 1. The quantitative estimate of drug-likeness (QED) is 0.581. The fourth-order valence-electron chi connectivity index (χ4n) is 2.90. The van der Waals surface area contributed by atoms with Crippen molar-refractivity contribution in [3.8, 4) is 0 Å². The second-order valence-corrected chi connectivity index (χ2v) is 5.82. The molecule has 0 aromatic carbocycles. The van der Waals surface area contributed by atoms with Gasteiger partial charge in [0.2, 0.25) is 0 Å². The maximum Gasteiger partial charge on any atom is 0.341 e. The average molecular weight is 340 g/mol. The lowest BCUT2D eigenvalue weighted by molar-refractivity contribution is 0.0523. The molecule has 7 heteroatoms. The molecule has 0 saturated heterocycles. The molecule has 0 bridgehead atoms. The SMILES string of the molecule is CCCn1c(=N)c(C(=O)OCC)cc2c(=O)n3cccc(C)c3nc21. The Bertz CT molecular complexity index is 1100. The largest absolute Gasteiger partial charge is 0.462 e. The smallest absolute Gasteiger partial charge is 0.341 e. The lowest BCUT2D eigenvalue weighted by Crippen LogP contribution is -2.31. The Morgan fingerprint density at radius 2 is 2.08 bits per heavy atom. The Kier molecular flexibility index (Phi) is 4.39. The van der Waals surface area contributed by atoms with Crippen LogP contribution >= 0.6 is 0 Å². The van der Waals surface area contributed by atoms with Crippen LogP contribution in [0.5, 0.6) is 0 Å². The van der Waals surface area contributed by atoms with Crippen LogP contribution in [0, 0.1) is 12.3 Å². The number of aryl methyl sites for hydroxylation is 2. The molecule has 130 valence electrons. The van der Waals surface area contributed by atoms with Gasteiger partial charge < -0.3 is 9.30 Å². The molecule has 7 nitrogen and oxygen atoms in total. The molecule has 3 heterocycles. The van der Waals surface area contributed by atoms with Gasteiger partial charge in [-0.3, -0.25) is 14.6 Å². The zero-order valence-electron chi connectivity index (χ0n) is 14.5. The summed E-state index contributed by atoms with van der Waals surface area (Å²) >= 11 is 0. The van der Waals surface area contributed by atoms with Gasteiger partial charge in [0.05, 0.1) is 12.0 Å². The summed E-state index contributed by atoms with van der Waals surface area (Å²) in [6.07, 6.45) is 2.40. The van der Waals surface area contributed by atoms with Crippen molar-refractivity contribution in [3.63, 3.8) is 0 Å². The first-order valence-corrected chi connectivity index (χ1v) is 8.26. The normalized spacial score (nSPS) is 11.2. The number of carbonyl (C=O) groups is 1. The summed E-state index contributed by atoms with van der Waals surface area (Å²) in [4.78, 5) is 29.8. The fourth-order valence-corrected chi connectivity index (χ4v) is 2.90. The van der Waals surface area contributed by atoms with Gasteiger partial charge in [-0.05, 0) is 38.0 Å². The molecular weight excluding hydrogens is 320 g/mol. The van der Waals surface area contributed by atoms with Gasteiger partial charge in [0, 0.05) is 12.7 Å². The zero-order valence-corrected chi connectivity index (χ0v) is 14.5. The van der Waals surface area contributed by atoms with E-state index in [9.17, 15) is 9.59 Å². The van der Waals surface area contributed by atoms with E-state index in [0.717, 1.165) is 12.0 Å². The lowest BCUT2D eigenvalue weighted by Gasteiger charge is -2.14. The van der Waals surface area contributed by atoms with Crippen molar-refractivity contribution in [2.24, 2.45) is 0 Å². The van der Waals surface area contributed by atoms with E-state index in [1.165, 1.54) is 10.5 Å². The predicted octanol–water partition coefficient (Wildman–Crippen LogP) is 2.02. The van der Waals surface area contributed by atoms with Crippen molar-refractivity contribution in [2.45, 2.75) is 33.7 Å². The minimum Gasteiger partial charge on any atom is -0.462 e. The number of esters is 1. The van der Waals surface area contributed by atoms with Gasteiger partial charge in [-0.15, -0.1) is 0 Å². The minimum absolute atomic E-state index is 0.0117. The van der Waals surface area contributed by atoms with E-state index < -0.39 is 5.97 Å². The maximum atomic E-state index is 12.9. The first kappa shape index (κ1) is 16.9.